The van der Waals surface area contributed by atoms with Gasteiger partial charge in [0.25, 0.3) is 0 Å². The van der Waals surface area contributed by atoms with Crippen molar-refractivity contribution in [2.75, 3.05) is 0 Å². The highest BCUT2D eigenvalue weighted by Crippen LogP contribution is 2.37. The molecular weight excluding hydrogens is 852 g/mol. The summed E-state index contributed by atoms with van der Waals surface area (Å²) < 4.78 is 112. The van der Waals surface area contributed by atoms with Gasteiger partial charge in [0, 0.05) is 20.9 Å². The molecule has 0 aromatic heterocycles. The van der Waals surface area contributed by atoms with Gasteiger partial charge < -0.3 is 0 Å². The molecule has 0 atom stereocenters. The molecule has 0 heterocycles. The van der Waals surface area contributed by atoms with Gasteiger partial charge in [-0.2, -0.15) is 21.9 Å². The van der Waals surface area contributed by atoms with Crippen LogP contribution in [0.25, 0.3) is 0 Å². The van der Waals surface area contributed by atoms with Crippen LogP contribution in [0.4, 0.5) is 35.1 Å². The van der Waals surface area contributed by atoms with Crippen LogP contribution in [0.15, 0.2) is 188 Å². The molecule has 0 saturated heterocycles. The molecule has 0 radical (unpaired) electrons. The van der Waals surface area contributed by atoms with Gasteiger partial charge in [-0.3, -0.25) is 0 Å². The largest absolute Gasteiger partial charge is 0.204 e. The van der Waals surface area contributed by atoms with E-state index in [2.05, 4.69) is 119 Å². The first-order valence-corrected chi connectivity index (χ1v) is 21.9. The molecule has 0 spiro atoms. The van der Waals surface area contributed by atoms with E-state index in [9.17, 15) is 35.1 Å². The second-order valence-corrected chi connectivity index (χ2v) is 18.4. The maximum Gasteiger partial charge on any atom is 0.169 e. The first kappa shape index (κ1) is 45.0. The summed E-state index contributed by atoms with van der Waals surface area (Å²) in [4.78, 5) is 6.76. The predicted molar refractivity (Wildman–Crippen MR) is 241 cm³/mol. The van der Waals surface area contributed by atoms with E-state index < -0.39 is 52.7 Å². The Morgan fingerprint density at radius 1 is 0.349 bits per heavy atom. The number of aryl methyl sites for hydroxylation is 4. The lowest BCUT2D eigenvalue weighted by Gasteiger charge is -2.44. The minimum atomic E-state index is -2.98. The minimum absolute atomic E-state index is 0.100. The standard InChI is InChI=1S/C28H27S2.C24H12BF8/c1-20-10-12-22(3)27(18-20)30(28-19-21(2)11-13-23(28)4)26-16-14-25(15-17-26)29-24-8-6-5-7-9-24;26-17-5-1-13(9-21(17)30)25(14-2-6-18(27)22(31)10-14,15-3-7-19(28)23(32)11-15)16-4-8-20(29)24(33)12-16/h5-19H,1-4H3;1-12H/q+1;-1. The van der Waals surface area contributed by atoms with E-state index >= 15 is 0 Å². The Kier molecular flexibility index (Phi) is 13.7. The summed E-state index contributed by atoms with van der Waals surface area (Å²) in [5, 5.41) is 0. The minimum Gasteiger partial charge on any atom is -0.204 e. The highest BCUT2D eigenvalue weighted by atomic mass is 32.2. The van der Waals surface area contributed by atoms with Crippen LogP contribution in [0.1, 0.15) is 22.3 Å². The molecule has 0 N–H and O–H groups in total. The van der Waals surface area contributed by atoms with Crippen LogP contribution < -0.4 is 21.9 Å². The number of hydrogen-bond acceptors (Lipinski definition) is 1. The summed E-state index contributed by atoms with van der Waals surface area (Å²) in [6.45, 7) is 8.85. The predicted octanol–water partition coefficient (Wildman–Crippen LogP) is 12.3. The van der Waals surface area contributed by atoms with Gasteiger partial charge in [0.2, 0.25) is 0 Å². The van der Waals surface area contributed by atoms with Crippen LogP contribution in [0.5, 0.6) is 0 Å². The number of hydrogen-bond donors (Lipinski definition) is 0. The molecule has 0 bridgehead atoms. The molecule has 8 aromatic rings. The topological polar surface area (TPSA) is 0 Å². The Balaban J connectivity index is 0.000000190. The molecule has 0 aliphatic carbocycles. The van der Waals surface area contributed by atoms with Gasteiger partial charge in [-0.25, -0.2) is 35.1 Å². The molecule has 0 aliphatic heterocycles. The van der Waals surface area contributed by atoms with E-state index in [1.807, 2.05) is 11.8 Å². The third kappa shape index (κ3) is 9.65. The lowest BCUT2D eigenvalue weighted by atomic mass is 9.13. The van der Waals surface area contributed by atoms with Crippen molar-refractivity contribution >= 4 is 50.7 Å². The second kappa shape index (κ2) is 19.1. The van der Waals surface area contributed by atoms with Gasteiger partial charge >= 0.3 is 0 Å². The van der Waals surface area contributed by atoms with E-state index in [4.69, 9.17) is 0 Å². The molecular formula is C52H39BF8S2. The first-order chi connectivity index (χ1) is 30.1. The number of benzene rings is 8. The van der Waals surface area contributed by atoms with E-state index in [0.717, 1.165) is 72.8 Å². The highest BCUT2D eigenvalue weighted by Gasteiger charge is 2.35. The Hall–Kier alpha value is -6.04. The normalized spacial score (nSPS) is 11.4. The van der Waals surface area contributed by atoms with Crippen LogP contribution in [0, 0.1) is 74.2 Å². The maximum absolute atomic E-state index is 14.3. The number of rotatable bonds is 9. The highest BCUT2D eigenvalue weighted by molar-refractivity contribution is 7.99. The lowest BCUT2D eigenvalue weighted by Crippen LogP contribution is -2.75. The van der Waals surface area contributed by atoms with Crippen LogP contribution >= 0.6 is 11.8 Å². The monoisotopic (exact) mass is 890 g/mol. The molecule has 0 nitrogen and oxygen atoms in total. The van der Waals surface area contributed by atoms with Gasteiger partial charge in [-0.15, -0.1) is 0 Å². The summed E-state index contributed by atoms with van der Waals surface area (Å²) >= 11 is 1.81. The summed E-state index contributed by atoms with van der Waals surface area (Å²) in [5.74, 6) is -10.2. The summed E-state index contributed by atoms with van der Waals surface area (Å²) in [6, 6.07) is 43.8. The quantitative estimate of drug-likeness (QED) is 0.0790. The Morgan fingerprint density at radius 2 is 0.698 bits per heavy atom. The van der Waals surface area contributed by atoms with Crippen molar-refractivity contribution in [2.24, 2.45) is 0 Å². The number of halogens is 8. The Morgan fingerprint density at radius 3 is 1.05 bits per heavy atom. The van der Waals surface area contributed by atoms with Crippen molar-refractivity contribution in [1.29, 1.82) is 0 Å². The SMILES string of the molecule is Cc1ccc(C)c([S+](c2ccc(Sc3ccccc3)cc2)c2cc(C)ccc2C)c1.Fc1ccc([B-](c2ccc(F)c(F)c2)(c2ccc(F)c(F)c2)c2ccc(F)c(F)c2)cc1F. The third-order valence-electron chi connectivity index (χ3n) is 10.9. The molecule has 8 rings (SSSR count). The van der Waals surface area contributed by atoms with Crippen LogP contribution in [0.3, 0.4) is 0 Å². The Labute approximate surface area is 368 Å². The maximum atomic E-state index is 14.3. The van der Waals surface area contributed by atoms with Gasteiger partial charge in [0.15, 0.2) is 61.2 Å². The Bertz CT molecular complexity index is 2660. The molecule has 0 aliphatic rings. The molecule has 63 heavy (non-hydrogen) atoms. The zero-order valence-electron chi connectivity index (χ0n) is 34.5. The zero-order valence-corrected chi connectivity index (χ0v) is 36.1. The van der Waals surface area contributed by atoms with Gasteiger partial charge in [-0.05, 0) is 112 Å². The average Bonchev–Trinajstić information content (AvgIpc) is 3.27. The summed E-state index contributed by atoms with van der Waals surface area (Å²) in [5.41, 5.74) is 4.94. The fraction of sp³-hybridized carbons (Fsp3) is 0.0769. The van der Waals surface area contributed by atoms with Crippen LogP contribution in [0.2, 0.25) is 0 Å². The average molecular weight is 891 g/mol. The van der Waals surface area contributed by atoms with Crippen LogP contribution in [-0.4, -0.2) is 6.15 Å². The van der Waals surface area contributed by atoms with Crippen molar-refractivity contribution in [1.82, 2.24) is 0 Å². The van der Waals surface area contributed by atoms with Crippen molar-refractivity contribution in [3.05, 3.63) is 233 Å². The molecule has 8 aromatic carbocycles. The van der Waals surface area contributed by atoms with Crippen molar-refractivity contribution in [3.8, 4) is 0 Å². The van der Waals surface area contributed by atoms with Gasteiger partial charge in [0.05, 0.1) is 10.9 Å². The van der Waals surface area contributed by atoms with E-state index in [1.54, 1.807) is 0 Å². The summed E-state index contributed by atoms with van der Waals surface area (Å²) in [6.07, 6.45) is -2.98. The summed E-state index contributed by atoms with van der Waals surface area (Å²) in [7, 11) is -0.122. The smallest absolute Gasteiger partial charge is 0.169 e. The molecule has 11 heteroatoms. The van der Waals surface area contributed by atoms with Gasteiger partial charge in [0.1, 0.15) is 6.15 Å². The van der Waals surface area contributed by atoms with Crippen molar-refractivity contribution in [3.63, 3.8) is 0 Å². The second-order valence-electron chi connectivity index (χ2n) is 15.3. The molecule has 0 saturated carbocycles. The fourth-order valence-corrected chi connectivity index (χ4v) is 11.2. The van der Waals surface area contributed by atoms with E-state index in [1.165, 1.54) is 46.7 Å². The van der Waals surface area contributed by atoms with Crippen molar-refractivity contribution < 1.29 is 35.1 Å². The molecule has 318 valence electrons. The zero-order chi connectivity index (χ0) is 45.0. The molecule has 0 fully saturated rings. The molecule has 0 amide bonds. The van der Waals surface area contributed by atoms with Crippen LogP contribution in [-0.2, 0) is 10.9 Å². The van der Waals surface area contributed by atoms with E-state index in [-0.39, 0.29) is 32.7 Å². The van der Waals surface area contributed by atoms with E-state index in [0.29, 0.717) is 0 Å². The third-order valence-corrected chi connectivity index (χ3v) is 14.5. The fourth-order valence-electron chi connectivity index (χ4n) is 7.78. The van der Waals surface area contributed by atoms with Gasteiger partial charge in [-0.1, -0.05) is 103 Å². The lowest BCUT2D eigenvalue weighted by molar-refractivity contribution is 0.508. The molecule has 0 unspecified atom stereocenters. The first-order valence-electron chi connectivity index (χ1n) is 19.8. The van der Waals surface area contributed by atoms with Crippen molar-refractivity contribution in [2.45, 2.75) is 52.2 Å².